The van der Waals surface area contributed by atoms with Crippen molar-refractivity contribution in [1.82, 2.24) is 5.32 Å². The molecule has 0 aromatic rings. The highest BCUT2D eigenvalue weighted by molar-refractivity contribution is 4.87. The van der Waals surface area contributed by atoms with Crippen molar-refractivity contribution in [3.05, 3.63) is 0 Å². The van der Waals surface area contributed by atoms with Crippen LogP contribution in [0, 0.1) is 17.8 Å². The first-order valence-corrected chi connectivity index (χ1v) is 6.50. The molecule has 3 unspecified atom stereocenters. The Balaban J connectivity index is 1.89. The predicted molar refractivity (Wildman–Crippen MR) is 61.3 cm³/mol. The smallest absolute Gasteiger partial charge is 0.0121 e. The van der Waals surface area contributed by atoms with Crippen LogP contribution in [0.2, 0.25) is 0 Å². The first-order valence-electron chi connectivity index (χ1n) is 6.50. The van der Waals surface area contributed by atoms with E-state index in [1.165, 1.54) is 45.1 Å². The summed E-state index contributed by atoms with van der Waals surface area (Å²) in [5.74, 6) is 2.79. The molecule has 1 aliphatic heterocycles. The van der Waals surface area contributed by atoms with Crippen molar-refractivity contribution >= 4 is 0 Å². The van der Waals surface area contributed by atoms with E-state index in [0.29, 0.717) is 0 Å². The van der Waals surface area contributed by atoms with Crippen LogP contribution in [0.15, 0.2) is 0 Å². The van der Waals surface area contributed by atoms with Crippen LogP contribution in [0.3, 0.4) is 0 Å². The fraction of sp³-hybridized carbons (Fsp3) is 1.00. The van der Waals surface area contributed by atoms with Crippen molar-refractivity contribution in [3.8, 4) is 0 Å². The second-order valence-electron chi connectivity index (χ2n) is 5.65. The van der Waals surface area contributed by atoms with Crippen LogP contribution in [-0.4, -0.2) is 12.6 Å². The van der Waals surface area contributed by atoms with E-state index in [0.717, 1.165) is 23.8 Å². The van der Waals surface area contributed by atoms with Crippen molar-refractivity contribution in [2.24, 2.45) is 17.8 Å². The fourth-order valence-electron chi connectivity index (χ4n) is 3.53. The van der Waals surface area contributed by atoms with Gasteiger partial charge in [0.15, 0.2) is 0 Å². The molecule has 2 fully saturated rings. The Hall–Kier alpha value is -0.0400. The standard InChI is InChI=1S/C13H25N/c1-10-8-11(2)13(14-9-10)12-6-4-3-5-7-12/h10-14H,3-9H2,1-2H3. The molecule has 1 aliphatic carbocycles. The lowest BCUT2D eigenvalue weighted by Crippen LogP contribution is -2.48. The lowest BCUT2D eigenvalue weighted by atomic mass is 9.75. The van der Waals surface area contributed by atoms with Gasteiger partial charge in [-0.3, -0.25) is 0 Å². The van der Waals surface area contributed by atoms with Gasteiger partial charge in [0, 0.05) is 6.04 Å². The van der Waals surface area contributed by atoms with Crippen molar-refractivity contribution in [3.63, 3.8) is 0 Å². The second-order valence-corrected chi connectivity index (χ2v) is 5.65. The summed E-state index contributed by atoms with van der Waals surface area (Å²) in [6.07, 6.45) is 8.84. The molecule has 14 heavy (non-hydrogen) atoms. The Morgan fingerprint density at radius 3 is 2.36 bits per heavy atom. The molecule has 2 aliphatic rings. The first kappa shape index (κ1) is 10.5. The van der Waals surface area contributed by atoms with E-state index in [4.69, 9.17) is 0 Å². The molecule has 1 saturated heterocycles. The zero-order chi connectivity index (χ0) is 9.97. The zero-order valence-electron chi connectivity index (χ0n) is 9.76. The Bertz CT molecular complexity index is 172. The molecule has 0 spiro atoms. The van der Waals surface area contributed by atoms with Gasteiger partial charge >= 0.3 is 0 Å². The van der Waals surface area contributed by atoms with Crippen LogP contribution in [0.4, 0.5) is 0 Å². The molecule has 0 aromatic carbocycles. The van der Waals surface area contributed by atoms with Gasteiger partial charge in [0.2, 0.25) is 0 Å². The maximum atomic E-state index is 3.79. The SMILES string of the molecule is CC1CNC(C2CCCCC2)C(C)C1. The minimum absolute atomic E-state index is 0.839. The molecular weight excluding hydrogens is 170 g/mol. The molecule has 1 heterocycles. The first-order chi connectivity index (χ1) is 6.77. The minimum atomic E-state index is 0.839. The Kier molecular flexibility index (Phi) is 3.48. The van der Waals surface area contributed by atoms with Crippen LogP contribution < -0.4 is 5.32 Å². The van der Waals surface area contributed by atoms with Gasteiger partial charge in [0.05, 0.1) is 0 Å². The molecule has 2 rings (SSSR count). The van der Waals surface area contributed by atoms with Crippen LogP contribution in [-0.2, 0) is 0 Å². The van der Waals surface area contributed by atoms with Crippen LogP contribution in [0.25, 0.3) is 0 Å². The largest absolute Gasteiger partial charge is 0.313 e. The van der Waals surface area contributed by atoms with E-state index >= 15 is 0 Å². The molecule has 0 amide bonds. The van der Waals surface area contributed by atoms with Crippen LogP contribution >= 0.6 is 0 Å². The molecule has 0 bridgehead atoms. The fourth-order valence-corrected chi connectivity index (χ4v) is 3.53. The van der Waals surface area contributed by atoms with E-state index in [-0.39, 0.29) is 0 Å². The van der Waals surface area contributed by atoms with Gasteiger partial charge in [-0.1, -0.05) is 33.1 Å². The molecule has 1 N–H and O–H groups in total. The van der Waals surface area contributed by atoms with Crippen molar-refractivity contribution in [1.29, 1.82) is 0 Å². The molecule has 0 aromatic heterocycles. The van der Waals surface area contributed by atoms with Gasteiger partial charge in [0.25, 0.3) is 0 Å². The third-order valence-corrected chi connectivity index (χ3v) is 4.25. The summed E-state index contributed by atoms with van der Waals surface area (Å²) in [4.78, 5) is 0. The van der Waals surface area contributed by atoms with Crippen molar-refractivity contribution in [2.75, 3.05) is 6.54 Å². The van der Waals surface area contributed by atoms with Gasteiger partial charge < -0.3 is 5.32 Å². The number of hydrogen-bond acceptors (Lipinski definition) is 1. The van der Waals surface area contributed by atoms with Gasteiger partial charge in [-0.2, -0.15) is 0 Å². The minimum Gasteiger partial charge on any atom is -0.313 e. The Morgan fingerprint density at radius 1 is 1.00 bits per heavy atom. The average molecular weight is 195 g/mol. The maximum Gasteiger partial charge on any atom is 0.0121 e. The lowest BCUT2D eigenvalue weighted by Gasteiger charge is -2.40. The van der Waals surface area contributed by atoms with Crippen molar-refractivity contribution in [2.45, 2.75) is 58.4 Å². The average Bonchev–Trinajstić information content (AvgIpc) is 2.19. The van der Waals surface area contributed by atoms with E-state index in [1.54, 1.807) is 0 Å². The van der Waals surface area contributed by atoms with Gasteiger partial charge in [-0.15, -0.1) is 0 Å². The molecule has 3 atom stereocenters. The van der Waals surface area contributed by atoms with E-state index in [1.807, 2.05) is 0 Å². The van der Waals surface area contributed by atoms with Gasteiger partial charge in [-0.05, 0) is 43.6 Å². The normalized spacial score (nSPS) is 41.1. The number of hydrogen-bond donors (Lipinski definition) is 1. The van der Waals surface area contributed by atoms with Gasteiger partial charge in [-0.25, -0.2) is 0 Å². The maximum absolute atomic E-state index is 3.79. The number of piperidine rings is 1. The summed E-state index contributed by atoms with van der Waals surface area (Å²) in [5, 5.41) is 3.79. The quantitative estimate of drug-likeness (QED) is 0.677. The molecular formula is C13H25N. The predicted octanol–water partition coefficient (Wildman–Crippen LogP) is 3.20. The van der Waals surface area contributed by atoms with Crippen LogP contribution in [0.5, 0.6) is 0 Å². The highest BCUT2D eigenvalue weighted by Gasteiger charge is 2.31. The third kappa shape index (κ3) is 2.31. The number of nitrogens with one attached hydrogen (secondary N) is 1. The highest BCUT2D eigenvalue weighted by Crippen LogP contribution is 2.33. The summed E-state index contributed by atoms with van der Waals surface area (Å²) in [6, 6.07) is 0.839. The molecule has 1 saturated carbocycles. The van der Waals surface area contributed by atoms with Crippen LogP contribution in [0.1, 0.15) is 52.4 Å². The summed E-state index contributed by atoms with van der Waals surface area (Å²) in [5.41, 5.74) is 0. The van der Waals surface area contributed by atoms with E-state index < -0.39 is 0 Å². The summed E-state index contributed by atoms with van der Waals surface area (Å²) in [6.45, 7) is 6.08. The highest BCUT2D eigenvalue weighted by atomic mass is 14.9. The topological polar surface area (TPSA) is 12.0 Å². The van der Waals surface area contributed by atoms with Crippen molar-refractivity contribution < 1.29 is 0 Å². The van der Waals surface area contributed by atoms with E-state index in [9.17, 15) is 0 Å². The molecule has 1 nitrogen and oxygen atoms in total. The molecule has 0 radical (unpaired) electrons. The third-order valence-electron chi connectivity index (χ3n) is 4.25. The van der Waals surface area contributed by atoms with Gasteiger partial charge in [0.1, 0.15) is 0 Å². The summed E-state index contributed by atoms with van der Waals surface area (Å²) < 4.78 is 0. The second kappa shape index (κ2) is 4.65. The molecule has 1 heteroatoms. The lowest BCUT2D eigenvalue weighted by molar-refractivity contribution is 0.156. The van der Waals surface area contributed by atoms with E-state index in [2.05, 4.69) is 19.2 Å². The molecule has 82 valence electrons. The summed E-state index contributed by atoms with van der Waals surface area (Å²) in [7, 11) is 0. The summed E-state index contributed by atoms with van der Waals surface area (Å²) >= 11 is 0. The Labute approximate surface area is 88.7 Å². The number of rotatable bonds is 1. The monoisotopic (exact) mass is 195 g/mol. The zero-order valence-corrected chi connectivity index (χ0v) is 9.76. The Morgan fingerprint density at radius 2 is 1.71 bits per heavy atom.